The third kappa shape index (κ3) is 11.6. The summed E-state index contributed by atoms with van der Waals surface area (Å²) < 4.78 is 16.0. The van der Waals surface area contributed by atoms with Gasteiger partial charge in [0.05, 0.1) is 21.3 Å². The maximum absolute atomic E-state index is 12.4. The Labute approximate surface area is 194 Å². The Balaban J connectivity index is 2.18. The first-order valence-corrected chi connectivity index (χ1v) is 11.7. The summed E-state index contributed by atoms with van der Waals surface area (Å²) in [6.07, 6.45) is 23.6. The number of hydrogen-bond donors (Lipinski definition) is 1. The molecule has 0 aliphatic carbocycles. The fourth-order valence-electron chi connectivity index (χ4n) is 3.24. The first-order chi connectivity index (χ1) is 15.7. The number of anilines is 1. The van der Waals surface area contributed by atoms with Crippen molar-refractivity contribution in [3.05, 3.63) is 48.6 Å². The van der Waals surface area contributed by atoms with Gasteiger partial charge in [0, 0.05) is 18.6 Å². The van der Waals surface area contributed by atoms with Gasteiger partial charge in [-0.3, -0.25) is 4.79 Å². The van der Waals surface area contributed by atoms with E-state index in [4.69, 9.17) is 14.2 Å². The number of unbranched alkanes of at least 4 members (excludes halogenated alkanes) is 5. The number of nitrogens with one attached hydrogen (secondary N) is 1. The first kappa shape index (κ1) is 27.3. The fraction of sp³-hybridized carbons (Fsp3) is 0.519. The number of allylic oxidation sites excluding steroid dienone is 6. The molecule has 0 bridgehead atoms. The molecule has 0 saturated carbocycles. The molecule has 5 nitrogen and oxygen atoms in total. The van der Waals surface area contributed by atoms with Crippen LogP contribution in [0, 0.1) is 0 Å². The van der Waals surface area contributed by atoms with Crippen molar-refractivity contribution in [1.82, 2.24) is 0 Å². The summed E-state index contributed by atoms with van der Waals surface area (Å²) >= 11 is 0. The third-order valence-electron chi connectivity index (χ3n) is 5.03. The van der Waals surface area contributed by atoms with Gasteiger partial charge in [-0.1, -0.05) is 62.6 Å². The van der Waals surface area contributed by atoms with Crippen LogP contribution in [0.2, 0.25) is 0 Å². The monoisotopic (exact) mass is 443 g/mol. The van der Waals surface area contributed by atoms with Gasteiger partial charge in [0.1, 0.15) is 22.9 Å². The molecule has 1 N–H and O–H groups in total. The van der Waals surface area contributed by atoms with E-state index in [0.717, 1.165) is 44.9 Å². The second-order valence-electron chi connectivity index (χ2n) is 7.56. The van der Waals surface area contributed by atoms with Gasteiger partial charge in [-0.15, -0.1) is 0 Å². The molecule has 0 spiro atoms. The van der Waals surface area contributed by atoms with Gasteiger partial charge < -0.3 is 19.5 Å². The van der Waals surface area contributed by atoms with Crippen LogP contribution in [0.25, 0.3) is 0 Å². The van der Waals surface area contributed by atoms with Crippen LogP contribution in [0.5, 0.6) is 17.2 Å². The standard InChI is InChI=1S/C27H41NO4/c1-5-6-7-8-9-10-11-12-13-14-15-16-17-18-19-20-26(29)28-27-24(31-3)21-23(30-2)22-25(27)32-4/h6-7,9-10,12-13,21-22H,5,8,11,14-20H2,1-4H3,(H,28,29)/b7-6-,10-9-,13-12-. The predicted octanol–water partition coefficient (Wildman–Crippen LogP) is 7.24. The Hall–Kier alpha value is -2.69. The Morgan fingerprint density at radius 1 is 0.781 bits per heavy atom. The smallest absolute Gasteiger partial charge is 0.224 e. The molecule has 0 radical (unpaired) electrons. The highest BCUT2D eigenvalue weighted by molar-refractivity contribution is 5.94. The number of rotatable bonds is 17. The van der Waals surface area contributed by atoms with E-state index < -0.39 is 0 Å². The molecular weight excluding hydrogens is 402 g/mol. The van der Waals surface area contributed by atoms with E-state index in [2.05, 4.69) is 48.7 Å². The minimum Gasteiger partial charge on any atom is -0.496 e. The Morgan fingerprint density at radius 2 is 1.34 bits per heavy atom. The average Bonchev–Trinajstić information content (AvgIpc) is 2.81. The third-order valence-corrected chi connectivity index (χ3v) is 5.03. The van der Waals surface area contributed by atoms with Crippen molar-refractivity contribution in [2.24, 2.45) is 0 Å². The van der Waals surface area contributed by atoms with Crippen LogP contribution in [-0.4, -0.2) is 27.2 Å². The van der Waals surface area contributed by atoms with E-state index in [1.165, 1.54) is 12.8 Å². The zero-order valence-corrected chi connectivity index (χ0v) is 20.3. The summed E-state index contributed by atoms with van der Waals surface area (Å²) in [6, 6.07) is 3.46. The van der Waals surface area contributed by atoms with Crippen LogP contribution in [0.1, 0.15) is 71.1 Å². The zero-order valence-electron chi connectivity index (χ0n) is 20.3. The largest absolute Gasteiger partial charge is 0.496 e. The fourth-order valence-corrected chi connectivity index (χ4v) is 3.24. The van der Waals surface area contributed by atoms with Crippen molar-refractivity contribution in [2.45, 2.75) is 71.1 Å². The van der Waals surface area contributed by atoms with E-state index in [1.54, 1.807) is 33.5 Å². The lowest BCUT2D eigenvalue weighted by molar-refractivity contribution is -0.116. The minimum absolute atomic E-state index is 0.0343. The van der Waals surface area contributed by atoms with E-state index in [9.17, 15) is 4.79 Å². The maximum Gasteiger partial charge on any atom is 0.224 e. The number of methoxy groups -OCH3 is 3. The molecule has 178 valence electrons. The summed E-state index contributed by atoms with van der Waals surface area (Å²) in [5.41, 5.74) is 0.542. The second-order valence-corrected chi connectivity index (χ2v) is 7.56. The lowest BCUT2D eigenvalue weighted by atomic mass is 10.1. The Kier molecular flexibility index (Phi) is 15.3. The number of carbonyl (C=O) groups is 1. The number of ether oxygens (including phenoxy) is 3. The molecule has 0 aliphatic heterocycles. The summed E-state index contributed by atoms with van der Waals surface area (Å²) in [5.74, 6) is 1.62. The molecule has 32 heavy (non-hydrogen) atoms. The first-order valence-electron chi connectivity index (χ1n) is 11.7. The van der Waals surface area contributed by atoms with E-state index in [-0.39, 0.29) is 5.91 Å². The van der Waals surface area contributed by atoms with Gasteiger partial charge in [-0.2, -0.15) is 0 Å². The van der Waals surface area contributed by atoms with Crippen molar-refractivity contribution in [3.8, 4) is 17.2 Å². The van der Waals surface area contributed by atoms with Crippen LogP contribution < -0.4 is 19.5 Å². The molecule has 0 heterocycles. The van der Waals surface area contributed by atoms with Gasteiger partial charge in [0.25, 0.3) is 0 Å². The Morgan fingerprint density at radius 3 is 1.94 bits per heavy atom. The highest BCUT2D eigenvalue weighted by Crippen LogP contribution is 2.39. The summed E-state index contributed by atoms with van der Waals surface area (Å²) in [4.78, 5) is 12.4. The van der Waals surface area contributed by atoms with Gasteiger partial charge in [0.15, 0.2) is 0 Å². The molecule has 0 fully saturated rings. The lowest BCUT2D eigenvalue weighted by Gasteiger charge is -2.15. The molecule has 5 heteroatoms. The predicted molar refractivity (Wildman–Crippen MR) is 134 cm³/mol. The Bertz CT molecular complexity index is 712. The van der Waals surface area contributed by atoms with E-state index in [0.29, 0.717) is 29.4 Å². The maximum atomic E-state index is 12.4. The highest BCUT2D eigenvalue weighted by Gasteiger charge is 2.15. The number of amides is 1. The topological polar surface area (TPSA) is 56.8 Å². The highest BCUT2D eigenvalue weighted by atomic mass is 16.5. The van der Waals surface area contributed by atoms with Crippen molar-refractivity contribution < 1.29 is 19.0 Å². The second kappa shape index (κ2) is 17.9. The number of carbonyl (C=O) groups excluding carboxylic acids is 1. The van der Waals surface area contributed by atoms with Gasteiger partial charge in [-0.05, 0) is 38.5 Å². The van der Waals surface area contributed by atoms with Crippen LogP contribution >= 0.6 is 0 Å². The molecule has 1 aromatic rings. The molecule has 1 amide bonds. The lowest BCUT2D eigenvalue weighted by Crippen LogP contribution is -2.13. The molecule has 0 aromatic heterocycles. The summed E-state index contributed by atoms with van der Waals surface area (Å²) in [5, 5.41) is 2.92. The zero-order chi connectivity index (χ0) is 23.4. The number of hydrogen-bond acceptors (Lipinski definition) is 4. The molecular formula is C27H41NO4. The van der Waals surface area contributed by atoms with Crippen molar-refractivity contribution in [1.29, 1.82) is 0 Å². The van der Waals surface area contributed by atoms with E-state index >= 15 is 0 Å². The number of benzene rings is 1. The van der Waals surface area contributed by atoms with Crippen LogP contribution in [0.3, 0.4) is 0 Å². The molecule has 0 atom stereocenters. The molecule has 0 unspecified atom stereocenters. The quantitative estimate of drug-likeness (QED) is 0.204. The summed E-state index contributed by atoms with van der Waals surface area (Å²) in [6.45, 7) is 2.15. The normalized spacial score (nSPS) is 11.5. The molecule has 1 aromatic carbocycles. The van der Waals surface area contributed by atoms with Crippen molar-refractivity contribution >= 4 is 11.6 Å². The van der Waals surface area contributed by atoms with Gasteiger partial charge in [-0.25, -0.2) is 0 Å². The van der Waals surface area contributed by atoms with Crippen LogP contribution in [0.15, 0.2) is 48.6 Å². The van der Waals surface area contributed by atoms with E-state index in [1.807, 2.05) is 0 Å². The SMILES string of the molecule is CC/C=C\C/C=C\C/C=C\CCCCCCCC(=O)Nc1c(OC)cc(OC)cc1OC. The van der Waals surface area contributed by atoms with Crippen molar-refractivity contribution in [3.63, 3.8) is 0 Å². The van der Waals surface area contributed by atoms with Crippen molar-refractivity contribution in [2.75, 3.05) is 26.6 Å². The molecule has 0 saturated heterocycles. The van der Waals surface area contributed by atoms with Crippen LogP contribution in [-0.2, 0) is 4.79 Å². The molecule has 1 rings (SSSR count). The van der Waals surface area contributed by atoms with Crippen LogP contribution in [0.4, 0.5) is 5.69 Å². The minimum atomic E-state index is -0.0343. The van der Waals surface area contributed by atoms with Gasteiger partial charge >= 0.3 is 0 Å². The molecule has 0 aliphatic rings. The average molecular weight is 444 g/mol. The van der Waals surface area contributed by atoms with Gasteiger partial charge in [0.2, 0.25) is 5.91 Å². The summed E-state index contributed by atoms with van der Waals surface area (Å²) in [7, 11) is 4.69.